The summed E-state index contributed by atoms with van der Waals surface area (Å²) in [5, 5.41) is 3.80. The van der Waals surface area contributed by atoms with E-state index in [1.807, 2.05) is 0 Å². The Kier molecular flexibility index (Phi) is 9.09. The van der Waals surface area contributed by atoms with Crippen molar-refractivity contribution in [3.63, 3.8) is 0 Å². The molecule has 41 heavy (non-hydrogen) atoms. The van der Waals surface area contributed by atoms with Gasteiger partial charge in [-0.05, 0) is 119 Å². The van der Waals surface area contributed by atoms with Gasteiger partial charge in [-0.15, -0.1) is 0 Å². The van der Waals surface area contributed by atoms with Crippen LogP contribution in [0.1, 0.15) is 97.6 Å². The Bertz CT molecular complexity index is 1220. The van der Waals surface area contributed by atoms with E-state index in [2.05, 4.69) is 67.5 Å². The molecular formula is C36H49Cl3N2. The fourth-order valence-electron chi connectivity index (χ4n) is 10.3. The SMILES string of the molecule is Cc1ccc2c(c1)[C@]13CCCC[C@@H]1[C@H](C2)N(C)CC3.Cc1ccc2c(c1)[C@]13CCCC[C@@H]1[C@H](C2)NCC3.ClC(Cl)Cl. The molecule has 2 aromatic rings. The molecule has 2 saturated carbocycles. The summed E-state index contributed by atoms with van der Waals surface area (Å²) >= 11 is 14.4. The predicted octanol–water partition coefficient (Wildman–Crippen LogP) is 9.01. The molecule has 0 amide bonds. The van der Waals surface area contributed by atoms with Gasteiger partial charge in [0, 0.05) is 22.9 Å². The van der Waals surface area contributed by atoms with E-state index in [1.165, 1.54) is 101 Å². The van der Waals surface area contributed by atoms with E-state index in [9.17, 15) is 0 Å². The highest BCUT2D eigenvalue weighted by Crippen LogP contribution is 2.56. The van der Waals surface area contributed by atoms with E-state index >= 15 is 0 Å². The van der Waals surface area contributed by atoms with Crippen molar-refractivity contribution in [3.8, 4) is 0 Å². The van der Waals surface area contributed by atoms with Crippen LogP contribution in [0.15, 0.2) is 36.4 Å². The van der Waals surface area contributed by atoms with E-state index in [-0.39, 0.29) is 0 Å². The molecule has 4 aliphatic carbocycles. The number of halogens is 3. The van der Waals surface area contributed by atoms with Gasteiger partial charge in [0.2, 0.25) is 0 Å². The van der Waals surface area contributed by atoms with Crippen LogP contribution < -0.4 is 5.32 Å². The normalized spacial score (nSPS) is 34.9. The number of fused-ring (bicyclic) bond motifs is 2. The van der Waals surface area contributed by atoms with Gasteiger partial charge < -0.3 is 10.2 Å². The lowest BCUT2D eigenvalue weighted by Crippen LogP contribution is -2.59. The Labute approximate surface area is 263 Å². The number of aryl methyl sites for hydroxylation is 2. The number of alkyl halides is 3. The van der Waals surface area contributed by atoms with Crippen LogP contribution in [0.5, 0.6) is 0 Å². The number of likely N-dealkylation sites (tertiary alicyclic amines) is 1. The van der Waals surface area contributed by atoms with Crippen LogP contribution in [-0.2, 0) is 23.7 Å². The minimum atomic E-state index is -0.750. The first-order valence-electron chi connectivity index (χ1n) is 16.3. The molecule has 0 radical (unpaired) electrons. The second-order valence-corrected chi connectivity index (χ2v) is 16.1. The molecule has 0 aromatic heterocycles. The predicted molar refractivity (Wildman–Crippen MR) is 176 cm³/mol. The number of benzene rings is 2. The third kappa shape index (κ3) is 5.64. The number of hydrogen-bond acceptors (Lipinski definition) is 2. The van der Waals surface area contributed by atoms with Crippen molar-refractivity contribution in [1.29, 1.82) is 0 Å². The Morgan fingerprint density at radius 2 is 1.32 bits per heavy atom. The van der Waals surface area contributed by atoms with Crippen LogP contribution in [0.2, 0.25) is 0 Å². The van der Waals surface area contributed by atoms with Crippen molar-refractivity contribution in [2.24, 2.45) is 11.8 Å². The van der Waals surface area contributed by atoms with Gasteiger partial charge in [-0.3, -0.25) is 0 Å². The first-order chi connectivity index (χ1) is 19.7. The van der Waals surface area contributed by atoms with Crippen molar-refractivity contribution < 1.29 is 0 Å². The van der Waals surface area contributed by atoms with Crippen LogP contribution in [0, 0.1) is 25.7 Å². The van der Waals surface area contributed by atoms with Crippen LogP contribution in [0.25, 0.3) is 0 Å². The monoisotopic (exact) mass is 614 g/mol. The van der Waals surface area contributed by atoms with Crippen molar-refractivity contribution >= 4 is 34.8 Å². The number of piperidine rings is 2. The van der Waals surface area contributed by atoms with Gasteiger partial charge >= 0.3 is 0 Å². The Morgan fingerprint density at radius 1 is 0.756 bits per heavy atom. The first-order valence-corrected chi connectivity index (χ1v) is 17.6. The molecule has 8 rings (SSSR count). The fraction of sp³-hybridized carbons (Fsp3) is 0.667. The third-order valence-electron chi connectivity index (χ3n) is 12.1. The van der Waals surface area contributed by atoms with Crippen LogP contribution >= 0.6 is 34.8 Å². The van der Waals surface area contributed by atoms with Gasteiger partial charge in [-0.25, -0.2) is 0 Å². The zero-order valence-electron chi connectivity index (χ0n) is 25.3. The minimum absolute atomic E-state index is 0.535. The molecule has 2 aliphatic heterocycles. The molecule has 1 N–H and O–H groups in total. The lowest BCUT2D eigenvalue weighted by molar-refractivity contribution is 0.00283. The van der Waals surface area contributed by atoms with Gasteiger partial charge in [0.1, 0.15) is 0 Å². The molecule has 224 valence electrons. The summed E-state index contributed by atoms with van der Waals surface area (Å²) in [5.41, 5.74) is 10.7. The second kappa shape index (κ2) is 12.3. The highest BCUT2D eigenvalue weighted by molar-refractivity contribution is 6.63. The van der Waals surface area contributed by atoms with Gasteiger partial charge in [0.05, 0.1) is 0 Å². The third-order valence-corrected chi connectivity index (χ3v) is 12.1. The summed E-state index contributed by atoms with van der Waals surface area (Å²) in [7, 11) is 2.35. The van der Waals surface area contributed by atoms with Crippen LogP contribution in [-0.4, -0.2) is 41.4 Å². The van der Waals surface area contributed by atoms with Crippen molar-refractivity contribution in [1.82, 2.24) is 10.2 Å². The molecule has 4 fully saturated rings. The average Bonchev–Trinajstić information content (AvgIpc) is 2.96. The zero-order chi connectivity index (χ0) is 28.8. The van der Waals surface area contributed by atoms with E-state index in [1.54, 1.807) is 22.3 Å². The average molecular weight is 616 g/mol. The van der Waals surface area contributed by atoms with Gasteiger partial charge in [-0.2, -0.15) is 0 Å². The molecule has 2 heterocycles. The number of nitrogens with one attached hydrogen (secondary N) is 1. The smallest absolute Gasteiger partial charge is 0.180 e. The molecule has 5 heteroatoms. The molecule has 6 aliphatic rings. The summed E-state index contributed by atoms with van der Waals surface area (Å²) in [4.78, 5) is 2.65. The van der Waals surface area contributed by atoms with Gasteiger partial charge in [0.15, 0.2) is 4.30 Å². The molecular weight excluding hydrogens is 567 g/mol. The molecule has 0 spiro atoms. The second-order valence-electron chi connectivity index (χ2n) is 14.1. The summed E-state index contributed by atoms with van der Waals surface area (Å²) < 4.78 is -0.750. The summed E-state index contributed by atoms with van der Waals surface area (Å²) in [6.45, 7) is 7.04. The fourth-order valence-corrected chi connectivity index (χ4v) is 10.3. The Balaban J connectivity index is 0.000000131. The maximum Gasteiger partial charge on any atom is 0.180 e. The van der Waals surface area contributed by atoms with E-state index in [4.69, 9.17) is 34.8 Å². The van der Waals surface area contributed by atoms with E-state index < -0.39 is 4.30 Å². The Morgan fingerprint density at radius 3 is 1.95 bits per heavy atom. The number of nitrogens with zero attached hydrogens (tertiary/aromatic N) is 1. The largest absolute Gasteiger partial charge is 0.313 e. The molecule has 4 bridgehead atoms. The highest BCUT2D eigenvalue weighted by Gasteiger charge is 2.53. The lowest BCUT2D eigenvalue weighted by Gasteiger charge is -2.58. The van der Waals surface area contributed by atoms with Crippen molar-refractivity contribution in [2.45, 2.75) is 118 Å². The lowest BCUT2D eigenvalue weighted by atomic mass is 9.52. The quantitative estimate of drug-likeness (QED) is 0.298. The molecule has 2 nitrogen and oxygen atoms in total. The minimum Gasteiger partial charge on any atom is -0.313 e. The van der Waals surface area contributed by atoms with E-state index in [0.29, 0.717) is 10.8 Å². The summed E-state index contributed by atoms with van der Waals surface area (Å²) in [6, 6.07) is 16.0. The topological polar surface area (TPSA) is 15.3 Å². The van der Waals surface area contributed by atoms with Crippen LogP contribution in [0.4, 0.5) is 0 Å². The molecule has 2 aromatic carbocycles. The first kappa shape index (κ1) is 30.3. The Hall–Kier alpha value is -0.770. The van der Waals surface area contributed by atoms with Gasteiger partial charge in [-0.1, -0.05) is 108 Å². The highest BCUT2D eigenvalue weighted by atomic mass is 35.6. The maximum atomic E-state index is 4.81. The number of rotatable bonds is 0. The van der Waals surface area contributed by atoms with Crippen LogP contribution in [0.3, 0.4) is 0 Å². The van der Waals surface area contributed by atoms with Crippen molar-refractivity contribution in [3.05, 3.63) is 69.8 Å². The zero-order valence-corrected chi connectivity index (χ0v) is 27.6. The summed E-state index contributed by atoms with van der Waals surface area (Å²) in [6.07, 6.45) is 16.9. The number of likely N-dealkylation sites (N-methyl/N-ethyl adjacent to an activating group) is 1. The van der Waals surface area contributed by atoms with Gasteiger partial charge in [0.25, 0.3) is 0 Å². The molecule has 2 saturated heterocycles. The molecule has 6 atom stereocenters. The number of hydrogen-bond donors (Lipinski definition) is 1. The molecule has 0 unspecified atom stereocenters. The maximum absolute atomic E-state index is 4.81. The van der Waals surface area contributed by atoms with E-state index in [0.717, 1.165) is 23.9 Å². The standard InChI is InChI=1S/C18H25N.C17H23N.CHCl3/c1-13-6-7-14-12-17-15-5-3-4-8-18(15,16(14)11-13)9-10-19(17)2;1-12-5-6-13-11-16-14-4-2-3-7-17(14,8-9-18-16)15(13)10-12;2-1(3)4/h6-7,11,15,17H,3-5,8-10,12H2,1-2H3;5-6,10,14,16,18H,2-4,7-9,11H2,1H3;1H/t15-,17+,18+;14-,16+,17+;/m11./s1. The summed E-state index contributed by atoms with van der Waals surface area (Å²) in [5.74, 6) is 1.84. The van der Waals surface area contributed by atoms with Crippen molar-refractivity contribution in [2.75, 3.05) is 20.1 Å².